The van der Waals surface area contributed by atoms with Gasteiger partial charge in [-0.25, -0.2) is 0 Å². The minimum atomic E-state index is 0.0976. The molecule has 2 aromatic carbocycles. The van der Waals surface area contributed by atoms with Crippen molar-refractivity contribution in [1.29, 1.82) is 0 Å². The maximum atomic E-state index is 12.7. The van der Waals surface area contributed by atoms with Gasteiger partial charge in [-0.15, -0.1) is 10.2 Å². The number of H-pyrrole nitrogens is 1. The number of aromatic amines is 1. The zero-order valence-corrected chi connectivity index (χ0v) is 20.2. The number of ether oxygens (including phenoxy) is 2. The largest absolute Gasteiger partial charge is 0.497 e. The lowest BCUT2D eigenvalue weighted by Crippen LogP contribution is -2.49. The average molecular weight is 488 g/mol. The number of hydrogen-bond acceptors (Lipinski definition) is 7. The zero-order chi connectivity index (χ0) is 23.2. The first-order valence-corrected chi connectivity index (χ1v) is 12.0. The van der Waals surface area contributed by atoms with Gasteiger partial charge in [0.15, 0.2) is 11.0 Å². The van der Waals surface area contributed by atoms with Crippen molar-refractivity contribution in [2.75, 3.05) is 43.9 Å². The number of methoxy groups -OCH3 is 1. The van der Waals surface area contributed by atoms with E-state index in [0.717, 1.165) is 35.8 Å². The lowest BCUT2D eigenvalue weighted by atomic mass is 10.2. The van der Waals surface area contributed by atoms with Gasteiger partial charge < -0.3 is 24.3 Å². The summed E-state index contributed by atoms with van der Waals surface area (Å²) in [4.78, 5) is 19.9. The highest BCUT2D eigenvalue weighted by atomic mass is 35.5. The smallest absolute Gasteiger partial charge is 0.233 e. The van der Waals surface area contributed by atoms with E-state index in [1.165, 1.54) is 11.8 Å². The van der Waals surface area contributed by atoms with Crippen molar-refractivity contribution in [2.45, 2.75) is 18.7 Å². The fraction of sp³-hybridized carbons (Fsp3) is 0.348. The quantitative estimate of drug-likeness (QED) is 0.484. The second kappa shape index (κ2) is 10.8. The van der Waals surface area contributed by atoms with Gasteiger partial charge in [-0.3, -0.25) is 4.79 Å². The molecule has 8 nitrogen and oxygen atoms in total. The van der Waals surface area contributed by atoms with E-state index in [2.05, 4.69) is 20.1 Å². The van der Waals surface area contributed by atoms with Gasteiger partial charge >= 0.3 is 0 Å². The Labute approximate surface area is 202 Å². The minimum absolute atomic E-state index is 0.0976. The Morgan fingerprint density at radius 2 is 1.88 bits per heavy atom. The second-order valence-corrected chi connectivity index (χ2v) is 9.03. The molecule has 0 saturated carbocycles. The van der Waals surface area contributed by atoms with Crippen molar-refractivity contribution in [3.8, 4) is 11.5 Å². The van der Waals surface area contributed by atoms with Crippen molar-refractivity contribution >= 4 is 35.0 Å². The van der Waals surface area contributed by atoms with Gasteiger partial charge in [0.05, 0.1) is 12.9 Å². The van der Waals surface area contributed by atoms with Crippen LogP contribution >= 0.6 is 23.4 Å². The van der Waals surface area contributed by atoms with Crippen molar-refractivity contribution in [3.63, 3.8) is 0 Å². The van der Waals surface area contributed by atoms with Crippen LogP contribution < -0.4 is 14.4 Å². The average Bonchev–Trinajstić information content (AvgIpc) is 3.30. The first-order chi connectivity index (χ1) is 16.0. The van der Waals surface area contributed by atoms with Crippen LogP contribution in [0.15, 0.2) is 47.6 Å². The monoisotopic (exact) mass is 487 g/mol. The number of anilines is 1. The molecule has 1 aliphatic heterocycles. The van der Waals surface area contributed by atoms with Gasteiger partial charge in [-0.2, -0.15) is 0 Å². The molecule has 1 fully saturated rings. The number of rotatable bonds is 8. The lowest BCUT2D eigenvalue weighted by Gasteiger charge is -2.36. The summed E-state index contributed by atoms with van der Waals surface area (Å²) in [5.41, 5.74) is 2.09. The number of carbonyl (C=O) groups is 1. The highest BCUT2D eigenvalue weighted by Gasteiger charge is 2.22. The third-order valence-corrected chi connectivity index (χ3v) is 6.50. The zero-order valence-electron chi connectivity index (χ0n) is 18.6. The Bertz CT molecular complexity index is 1080. The molecule has 2 heterocycles. The first-order valence-electron chi connectivity index (χ1n) is 10.6. The van der Waals surface area contributed by atoms with E-state index in [1.54, 1.807) is 13.2 Å². The van der Waals surface area contributed by atoms with Crippen LogP contribution in [-0.4, -0.2) is 65.0 Å². The van der Waals surface area contributed by atoms with Gasteiger partial charge in [0.1, 0.15) is 18.1 Å². The summed E-state index contributed by atoms with van der Waals surface area (Å²) >= 11 is 7.33. The summed E-state index contributed by atoms with van der Waals surface area (Å²) in [5, 5.41) is 9.50. The molecule has 10 heteroatoms. The summed E-state index contributed by atoms with van der Waals surface area (Å²) in [6.07, 6.45) is 0. The second-order valence-electron chi connectivity index (χ2n) is 7.63. The highest BCUT2D eigenvalue weighted by Crippen LogP contribution is 2.23. The number of nitrogens with one attached hydrogen (secondary N) is 1. The number of benzene rings is 2. The van der Waals surface area contributed by atoms with Crippen LogP contribution in [0, 0.1) is 6.92 Å². The number of carbonyl (C=O) groups excluding carboxylic acids is 1. The number of amides is 1. The molecular weight excluding hydrogens is 462 g/mol. The van der Waals surface area contributed by atoms with Crippen LogP contribution in [-0.2, 0) is 11.4 Å². The van der Waals surface area contributed by atoms with Gasteiger partial charge in [0, 0.05) is 36.9 Å². The van der Waals surface area contributed by atoms with Crippen LogP contribution in [0.4, 0.5) is 5.69 Å². The summed E-state index contributed by atoms with van der Waals surface area (Å²) in [6.45, 7) is 5.19. The number of nitrogens with zero attached hydrogens (tertiary/aromatic N) is 4. The van der Waals surface area contributed by atoms with Crippen LogP contribution in [0.2, 0.25) is 5.02 Å². The summed E-state index contributed by atoms with van der Waals surface area (Å²) in [5.74, 6) is 2.60. The predicted molar refractivity (Wildman–Crippen MR) is 129 cm³/mol. The maximum Gasteiger partial charge on any atom is 0.233 e. The minimum Gasteiger partial charge on any atom is -0.497 e. The molecule has 0 radical (unpaired) electrons. The molecule has 1 amide bonds. The van der Waals surface area contributed by atoms with E-state index < -0.39 is 0 Å². The van der Waals surface area contributed by atoms with Crippen LogP contribution in [0.1, 0.15) is 11.4 Å². The molecule has 1 aliphatic rings. The Balaban J connectivity index is 1.21. The third kappa shape index (κ3) is 6.11. The number of aromatic nitrogens is 3. The highest BCUT2D eigenvalue weighted by molar-refractivity contribution is 7.99. The molecular formula is C23H26ClN5O3S. The third-order valence-electron chi connectivity index (χ3n) is 5.42. The fourth-order valence-electron chi connectivity index (χ4n) is 3.56. The normalized spacial score (nSPS) is 13.8. The number of aryl methyl sites for hydroxylation is 1. The molecule has 3 aromatic rings. The SMILES string of the molecule is COc1ccc(N2CCN(C(=O)CSc3nnc(COc4ccc(Cl)cc4C)[nH]3)CC2)cc1. The van der Waals surface area contributed by atoms with Crippen molar-refractivity contribution in [2.24, 2.45) is 0 Å². The van der Waals surface area contributed by atoms with Gasteiger partial charge in [0.25, 0.3) is 0 Å². The van der Waals surface area contributed by atoms with E-state index in [0.29, 0.717) is 34.8 Å². The molecule has 4 rings (SSSR count). The molecule has 0 aliphatic carbocycles. The Hall–Kier alpha value is -2.91. The Morgan fingerprint density at radius 3 is 2.58 bits per heavy atom. The molecule has 174 valence electrons. The van der Waals surface area contributed by atoms with Gasteiger partial charge in [-0.1, -0.05) is 23.4 Å². The lowest BCUT2D eigenvalue weighted by molar-refractivity contribution is -0.128. The molecule has 1 N–H and O–H groups in total. The van der Waals surface area contributed by atoms with Crippen molar-refractivity contribution in [1.82, 2.24) is 20.1 Å². The molecule has 1 aromatic heterocycles. The van der Waals surface area contributed by atoms with Gasteiger partial charge in [-0.05, 0) is 55.0 Å². The topological polar surface area (TPSA) is 83.6 Å². The Kier molecular flexibility index (Phi) is 7.61. The van der Waals surface area contributed by atoms with Gasteiger partial charge in [0.2, 0.25) is 5.91 Å². The van der Waals surface area contributed by atoms with Crippen molar-refractivity contribution < 1.29 is 14.3 Å². The number of hydrogen-bond donors (Lipinski definition) is 1. The fourth-order valence-corrected chi connectivity index (χ4v) is 4.52. The molecule has 0 bridgehead atoms. The van der Waals surface area contributed by atoms with E-state index in [1.807, 2.05) is 48.2 Å². The molecule has 0 spiro atoms. The van der Waals surface area contributed by atoms with Crippen LogP contribution in [0.3, 0.4) is 0 Å². The number of thioether (sulfide) groups is 1. The van der Waals surface area contributed by atoms with E-state index in [-0.39, 0.29) is 12.5 Å². The molecule has 1 saturated heterocycles. The Morgan fingerprint density at radius 1 is 1.12 bits per heavy atom. The van der Waals surface area contributed by atoms with Crippen molar-refractivity contribution in [3.05, 3.63) is 58.9 Å². The summed E-state index contributed by atoms with van der Waals surface area (Å²) < 4.78 is 11.0. The molecule has 33 heavy (non-hydrogen) atoms. The van der Waals surface area contributed by atoms with Crippen LogP contribution in [0.25, 0.3) is 0 Å². The standard InChI is InChI=1S/C23H26ClN5O3S/c1-16-13-17(24)3-8-20(16)32-14-21-25-23(27-26-21)33-15-22(30)29-11-9-28(10-12-29)18-4-6-19(31-2)7-5-18/h3-8,13H,9-12,14-15H2,1-2H3,(H,25,26,27). The van der Waals surface area contributed by atoms with E-state index in [9.17, 15) is 4.79 Å². The summed E-state index contributed by atoms with van der Waals surface area (Å²) in [6, 6.07) is 13.5. The first kappa shape index (κ1) is 23.3. The predicted octanol–water partition coefficient (Wildman–Crippen LogP) is 3.80. The van der Waals surface area contributed by atoms with Crippen LogP contribution in [0.5, 0.6) is 11.5 Å². The molecule has 0 unspecified atom stereocenters. The number of halogens is 1. The van der Waals surface area contributed by atoms with E-state index in [4.69, 9.17) is 21.1 Å². The molecule has 0 atom stereocenters. The van der Waals surface area contributed by atoms with E-state index >= 15 is 0 Å². The number of piperazine rings is 1. The summed E-state index contributed by atoms with van der Waals surface area (Å²) in [7, 11) is 1.66. The maximum absolute atomic E-state index is 12.7.